The van der Waals surface area contributed by atoms with E-state index in [1.54, 1.807) is 23.9 Å². The molecule has 2 atom stereocenters. The van der Waals surface area contributed by atoms with E-state index in [0.29, 0.717) is 33.5 Å². The van der Waals surface area contributed by atoms with Crippen LogP contribution in [0.3, 0.4) is 0 Å². The highest BCUT2D eigenvalue weighted by Crippen LogP contribution is 2.48. The summed E-state index contributed by atoms with van der Waals surface area (Å²) in [7, 11) is 1.38. The standard InChI is InChI=1S/C29H31Cl2NO3S/c1-15-9-16(2)20(10-18(15)14-36-24-11-19(30)7-8-21(24)31)26-25(28(34)35-6)17(3)32-22-12-29(4,5)13-23(33)27(22)26/h7-11,26-27H,12-14H2,1-6H3/t26-,27?/m0/s1. The van der Waals surface area contributed by atoms with Gasteiger partial charge < -0.3 is 4.74 Å². The van der Waals surface area contributed by atoms with Crippen LogP contribution in [-0.2, 0) is 20.1 Å². The number of allylic oxidation sites excluding steroid dienone is 1. The second kappa shape index (κ2) is 10.4. The van der Waals surface area contributed by atoms with Crippen LogP contribution in [0.2, 0.25) is 10.0 Å². The number of methoxy groups -OCH3 is 1. The van der Waals surface area contributed by atoms with Gasteiger partial charge in [0.1, 0.15) is 5.78 Å². The van der Waals surface area contributed by atoms with Gasteiger partial charge in [-0.05, 0) is 73.1 Å². The first kappa shape index (κ1) is 27.0. The van der Waals surface area contributed by atoms with Crippen LogP contribution in [0.25, 0.3) is 0 Å². The predicted octanol–water partition coefficient (Wildman–Crippen LogP) is 7.89. The molecule has 4 rings (SSSR count). The number of halogens is 2. The Kier molecular flexibility index (Phi) is 7.76. The van der Waals surface area contributed by atoms with Gasteiger partial charge in [-0.15, -0.1) is 11.8 Å². The molecule has 0 aromatic heterocycles. The quantitative estimate of drug-likeness (QED) is 0.284. The van der Waals surface area contributed by atoms with Crippen LogP contribution >= 0.6 is 35.0 Å². The first-order valence-electron chi connectivity index (χ1n) is 12.0. The van der Waals surface area contributed by atoms with Gasteiger partial charge in [0.25, 0.3) is 0 Å². The second-order valence-electron chi connectivity index (χ2n) is 10.5. The summed E-state index contributed by atoms with van der Waals surface area (Å²) in [4.78, 5) is 32.3. The van der Waals surface area contributed by atoms with Gasteiger partial charge in [-0.3, -0.25) is 9.79 Å². The molecule has 36 heavy (non-hydrogen) atoms. The molecule has 0 spiro atoms. The van der Waals surface area contributed by atoms with E-state index in [4.69, 9.17) is 32.9 Å². The van der Waals surface area contributed by atoms with E-state index in [0.717, 1.165) is 39.3 Å². The molecule has 7 heteroatoms. The number of Topliss-reactive ketones (excluding diaryl/α,β-unsaturated/α-hetero) is 1. The van der Waals surface area contributed by atoms with Gasteiger partial charge in [-0.2, -0.15) is 0 Å². The topological polar surface area (TPSA) is 55.7 Å². The Morgan fingerprint density at radius 3 is 2.50 bits per heavy atom. The molecule has 4 nitrogen and oxygen atoms in total. The van der Waals surface area contributed by atoms with Crippen LogP contribution in [0.15, 0.2) is 51.5 Å². The fourth-order valence-corrected chi connectivity index (χ4v) is 7.01. The SMILES string of the molecule is COC(=O)C1=C(C)N=C2CC(C)(C)CC(=O)C2[C@H]1c1cc(CSc2cc(Cl)ccc2Cl)c(C)cc1C. The highest BCUT2D eigenvalue weighted by molar-refractivity contribution is 7.98. The molecule has 190 valence electrons. The third-order valence-corrected chi connectivity index (χ3v) is 8.89. The van der Waals surface area contributed by atoms with E-state index < -0.39 is 17.8 Å². The molecule has 1 unspecified atom stereocenters. The van der Waals surface area contributed by atoms with E-state index in [1.807, 2.05) is 19.9 Å². The Bertz CT molecular complexity index is 1310. The zero-order chi connectivity index (χ0) is 26.4. The van der Waals surface area contributed by atoms with Crippen molar-refractivity contribution in [2.24, 2.45) is 16.3 Å². The van der Waals surface area contributed by atoms with Gasteiger partial charge in [-0.25, -0.2) is 4.79 Å². The zero-order valence-electron chi connectivity index (χ0n) is 21.5. The van der Waals surface area contributed by atoms with Crippen molar-refractivity contribution in [3.05, 3.63) is 73.9 Å². The molecule has 0 bridgehead atoms. The van der Waals surface area contributed by atoms with Gasteiger partial charge in [0.15, 0.2) is 0 Å². The number of hydrogen-bond donors (Lipinski definition) is 0. The lowest BCUT2D eigenvalue weighted by Crippen LogP contribution is -2.44. The van der Waals surface area contributed by atoms with Crippen LogP contribution in [0.4, 0.5) is 0 Å². The number of rotatable bonds is 5. The molecule has 1 fully saturated rings. The number of thioether (sulfide) groups is 1. The van der Waals surface area contributed by atoms with Gasteiger partial charge in [0.05, 0.1) is 23.6 Å². The summed E-state index contributed by atoms with van der Waals surface area (Å²) in [5.74, 6) is -0.507. The molecule has 1 aliphatic carbocycles. The largest absolute Gasteiger partial charge is 0.466 e. The summed E-state index contributed by atoms with van der Waals surface area (Å²) in [6.45, 7) is 10.2. The molecule has 0 radical (unpaired) electrons. The van der Waals surface area contributed by atoms with Crippen LogP contribution in [0.1, 0.15) is 61.8 Å². The van der Waals surface area contributed by atoms with E-state index in [1.165, 1.54) is 7.11 Å². The maximum Gasteiger partial charge on any atom is 0.336 e. The van der Waals surface area contributed by atoms with Crippen LogP contribution in [0.5, 0.6) is 0 Å². The number of benzene rings is 2. The normalized spacial score (nSPS) is 21.2. The van der Waals surface area contributed by atoms with Crippen molar-refractivity contribution < 1.29 is 14.3 Å². The van der Waals surface area contributed by atoms with Crippen molar-refractivity contribution in [2.45, 2.75) is 64.0 Å². The van der Waals surface area contributed by atoms with Crippen LogP contribution in [-0.4, -0.2) is 24.6 Å². The monoisotopic (exact) mass is 543 g/mol. The van der Waals surface area contributed by atoms with Gasteiger partial charge >= 0.3 is 5.97 Å². The van der Waals surface area contributed by atoms with Crippen molar-refractivity contribution in [2.75, 3.05) is 7.11 Å². The lowest BCUT2D eigenvalue weighted by molar-refractivity contribution is -0.136. The third kappa shape index (κ3) is 5.29. The molecular formula is C29H31Cl2NO3S. The molecule has 1 saturated carbocycles. The maximum atomic E-state index is 13.5. The number of carbonyl (C=O) groups excluding carboxylic acids is 2. The minimum absolute atomic E-state index is 0.130. The molecule has 2 aliphatic rings. The number of ether oxygens (including phenoxy) is 1. The number of ketones is 1. The van der Waals surface area contributed by atoms with Crippen molar-refractivity contribution in [3.8, 4) is 0 Å². The second-order valence-corrected chi connectivity index (χ2v) is 12.4. The highest BCUT2D eigenvalue weighted by atomic mass is 35.5. The fraction of sp³-hybridized carbons (Fsp3) is 0.414. The molecule has 2 aromatic rings. The van der Waals surface area contributed by atoms with E-state index in [9.17, 15) is 9.59 Å². The first-order valence-corrected chi connectivity index (χ1v) is 13.7. The molecular weight excluding hydrogens is 513 g/mol. The summed E-state index contributed by atoms with van der Waals surface area (Å²) in [5, 5.41) is 1.30. The molecule has 2 aromatic carbocycles. The van der Waals surface area contributed by atoms with E-state index >= 15 is 0 Å². The maximum absolute atomic E-state index is 13.5. The smallest absolute Gasteiger partial charge is 0.336 e. The fourth-order valence-electron chi connectivity index (χ4n) is 5.45. The highest BCUT2D eigenvalue weighted by Gasteiger charge is 2.48. The van der Waals surface area contributed by atoms with Crippen molar-refractivity contribution >= 4 is 52.4 Å². The molecule has 0 saturated heterocycles. The van der Waals surface area contributed by atoms with Crippen LogP contribution < -0.4 is 0 Å². The van der Waals surface area contributed by atoms with E-state index in [-0.39, 0.29) is 11.2 Å². The van der Waals surface area contributed by atoms with Crippen LogP contribution in [0, 0.1) is 25.2 Å². The summed E-state index contributed by atoms with van der Waals surface area (Å²) in [6.07, 6.45) is 1.19. The lowest BCUT2D eigenvalue weighted by atomic mass is 9.63. The predicted molar refractivity (Wildman–Crippen MR) is 148 cm³/mol. The summed E-state index contributed by atoms with van der Waals surface area (Å²) < 4.78 is 5.18. The van der Waals surface area contributed by atoms with Gasteiger partial charge in [-0.1, -0.05) is 49.2 Å². The number of nitrogens with zero attached hydrogens (tertiary/aromatic N) is 1. The summed E-state index contributed by atoms with van der Waals surface area (Å²) in [5.41, 5.74) is 6.09. The Morgan fingerprint density at radius 1 is 1.08 bits per heavy atom. The molecule has 1 aliphatic heterocycles. The molecule has 0 N–H and O–H groups in total. The van der Waals surface area contributed by atoms with Gasteiger partial charge in [0.2, 0.25) is 0 Å². The van der Waals surface area contributed by atoms with Gasteiger partial charge in [0, 0.05) is 39.4 Å². The number of hydrogen-bond acceptors (Lipinski definition) is 5. The van der Waals surface area contributed by atoms with E-state index in [2.05, 4.69) is 32.9 Å². The number of esters is 1. The Morgan fingerprint density at radius 2 is 1.81 bits per heavy atom. The molecule has 1 heterocycles. The minimum Gasteiger partial charge on any atom is -0.466 e. The lowest BCUT2D eigenvalue weighted by Gasteiger charge is -2.41. The number of fused-ring (bicyclic) bond motifs is 1. The Hall–Kier alpha value is -2.08. The third-order valence-electron chi connectivity index (χ3n) is 7.11. The first-order chi connectivity index (χ1) is 16.9. The zero-order valence-corrected chi connectivity index (χ0v) is 23.8. The number of aryl methyl sites for hydroxylation is 2. The Labute approximate surface area is 227 Å². The van der Waals surface area contributed by atoms with Crippen molar-refractivity contribution in [1.82, 2.24) is 0 Å². The average Bonchev–Trinajstić information content (AvgIpc) is 2.78. The average molecular weight is 545 g/mol. The number of aliphatic imine (C=N–C) groups is 1. The molecule has 0 amide bonds. The summed E-state index contributed by atoms with van der Waals surface area (Å²) in [6, 6.07) is 9.73. The number of carbonyl (C=O) groups is 2. The minimum atomic E-state index is -0.458. The van der Waals surface area contributed by atoms with Crippen molar-refractivity contribution in [3.63, 3.8) is 0 Å². The Balaban J connectivity index is 1.80. The summed E-state index contributed by atoms with van der Waals surface area (Å²) >= 11 is 14.2. The van der Waals surface area contributed by atoms with Crippen molar-refractivity contribution in [1.29, 1.82) is 0 Å².